The zero-order valence-corrected chi connectivity index (χ0v) is 7.33. The fourth-order valence-corrected chi connectivity index (χ4v) is 1.14. The lowest BCUT2D eigenvalue weighted by Gasteiger charge is -2.17. The molecule has 1 aromatic carbocycles. The number of phenols is 2. The van der Waals surface area contributed by atoms with Crippen LogP contribution in [0.4, 0.5) is 0 Å². The van der Waals surface area contributed by atoms with Crippen molar-refractivity contribution in [2.45, 2.75) is 12.2 Å². The third-order valence-corrected chi connectivity index (χ3v) is 1.91. The molecule has 5 nitrogen and oxygen atoms in total. The Balaban J connectivity index is 3.05. The van der Waals surface area contributed by atoms with E-state index in [1.165, 1.54) is 18.2 Å². The van der Waals surface area contributed by atoms with Crippen LogP contribution in [0.25, 0.3) is 0 Å². The van der Waals surface area contributed by atoms with Gasteiger partial charge in [-0.1, -0.05) is 6.07 Å². The summed E-state index contributed by atoms with van der Waals surface area (Å²) in [6.07, 6.45) is -2.95. The first-order chi connectivity index (χ1) is 6.57. The van der Waals surface area contributed by atoms with Gasteiger partial charge in [0.1, 0.15) is 23.7 Å². The maximum Gasteiger partial charge on any atom is 0.125 e. The first-order valence-electron chi connectivity index (χ1n) is 4.05. The average molecular weight is 200 g/mol. The highest BCUT2D eigenvalue weighted by Crippen LogP contribution is 2.33. The van der Waals surface area contributed by atoms with Crippen LogP contribution in [0.3, 0.4) is 0 Å². The molecular weight excluding hydrogens is 188 g/mol. The summed E-state index contributed by atoms with van der Waals surface area (Å²) < 4.78 is 0. The van der Waals surface area contributed by atoms with E-state index in [0.29, 0.717) is 0 Å². The fraction of sp³-hybridized carbons (Fsp3) is 0.333. The van der Waals surface area contributed by atoms with Gasteiger partial charge in [0.15, 0.2) is 0 Å². The largest absolute Gasteiger partial charge is 0.507 e. The van der Waals surface area contributed by atoms with Crippen LogP contribution < -0.4 is 0 Å². The van der Waals surface area contributed by atoms with Gasteiger partial charge in [-0.05, 0) is 12.1 Å². The van der Waals surface area contributed by atoms with Crippen molar-refractivity contribution in [3.05, 3.63) is 23.8 Å². The van der Waals surface area contributed by atoms with Crippen LogP contribution in [0.5, 0.6) is 11.5 Å². The quantitative estimate of drug-likeness (QED) is 0.452. The number of aliphatic hydroxyl groups is 3. The van der Waals surface area contributed by atoms with E-state index in [0.717, 1.165) is 0 Å². The molecule has 5 N–H and O–H groups in total. The lowest BCUT2D eigenvalue weighted by molar-refractivity contribution is -0.0171. The predicted octanol–water partition coefficient (Wildman–Crippen LogP) is -0.516. The molecule has 0 radical (unpaired) electrons. The third kappa shape index (κ3) is 1.95. The van der Waals surface area contributed by atoms with Gasteiger partial charge in [0, 0.05) is 0 Å². The number of aromatic hydroxyl groups is 2. The first kappa shape index (κ1) is 10.8. The molecule has 0 aliphatic rings. The van der Waals surface area contributed by atoms with Gasteiger partial charge in [0.05, 0.1) is 12.2 Å². The van der Waals surface area contributed by atoms with Crippen molar-refractivity contribution in [3.8, 4) is 11.5 Å². The van der Waals surface area contributed by atoms with Crippen molar-refractivity contribution in [2.24, 2.45) is 0 Å². The van der Waals surface area contributed by atoms with Crippen LogP contribution in [-0.2, 0) is 0 Å². The van der Waals surface area contributed by atoms with E-state index in [1.807, 2.05) is 0 Å². The van der Waals surface area contributed by atoms with Gasteiger partial charge < -0.3 is 25.5 Å². The summed E-state index contributed by atoms with van der Waals surface area (Å²) in [5.41, 5.74) is -0.186. The number of phenolic OH excluding ortho intramolecular Hbond substituents is 2. The van der Waals surface area contributed by atoms with Crippen molar-refractivity contribution in [3.63, 3.8) is 0 Å². The van der Waals surface area contributed by atoms with E-state index < -0.39 is 18.8 Å². The molecule has 1 rings (SSSR count). The first-order valence-corrected chi connectivity index (χ1v) is 4.05. The molecule has 0 aromatic heterocycles. The van der Waals surface area contributed by atoms with Crippen LogP contribution in [-0.4, -0.2) is 38.2 Å². The minimum atomic E-state index is -1.51. The third-order valence-electron chi connectivity index (χ3n) is 1.91. The minimum Gasteiger partial charge on any atom is -0.507 e. The molecule has 5 heteroatoms. The van der Waals surface area contributed by atoms with Gasteiger partial charge >= 0.3 is 0 Å². The van der Waals surface area contributed by atoms with Gasteiger partial charge in [-0.3, -0.25) is 0 Å². The van der Waals surface area contributed by atoms with Crippen LogP contribution in [0.1, 0.15) is 11.7 Å². The molecular formula is C9H12O5. The van der Waals surface area contributed by atoms with Crippen molar-refractivity contribution in [1.82, 2.24) is 0 Å². The molecule has 78 valence electrons. The van der Waals surface area contributed by atoms with E-state index in [9.17, 15) is 15.3 Å². The molecule has 0 spiro atoms. The number of rotatable bonds is 3. The molecule has 0 heterocycles. The summed E-state index contributed by atoms with van der Waals surface area (Å²) in [6.45, 7) is -0.658. The minimum absolute atomic E-state index is 0.186. The van der Waals surface area contributed by atoms with Gasteiger partial charge in [-0.15, -0.1) is 0 Å². The molecule has 14 heavy (non-hydrogen) atoms. The van der Waals surface area contributed by atoms with E-state index in [2.05, 4.69) is 0 Å². The Bertz CT molecular complexity index is 292. The van der Waals surface area contributed by atoms with E-state index in [-0.39, 0.29) is 17.1 Å². The highest BCUT2D eigenvalue weighted by molar-refractivity contribution is 5.44. The predicted molar refractivity (Wildman–Crippen MR) is 47.8 cm³/mol. The van der Waals surface area contributed by atoms with Crippen molar-refractivity contribution >= 4 is 0 Å². The van der Waals surface area contributed by atoms with Crippen LogP contribution in [0, 0.1) is 0 Å². The maximum atomic E-state index is 9.42. The van der Waals surface area contributed by atoms with Crippen molar-refractivity contribution in [1.29, 1.82) is 0 Å². The zero-order valence-electron chi connectivity index (χ0n) is 7.33. The summed E-state index contributed by atoms with van der Waals surface area (Å²) >= 11 is 0. The summed E-state index contributed by atoms with van der Waals surface area (Å²) in [4.78, 5) is 0. The highest BCUT2D eigenvalue weighted by atomic mass is 16.4. The molecule has 0 amide bonds. The van der Waals surface area contributed by atoms with Gasteiger partial charge in [-0.25, -0.2) is 0 Å². The molecule has 0 bridgehead atoms. The molecule has 0 fully saturated rings. The van der Waals surface area contributed by atoms with Gasteiger partial charge in [0.2, 0.25) is 0 Å². The van der Waals surface area contributed by atoms with Crippen molar-refractivity contribution < 1.29 is 25.5 Å². The lowest BCUT2D eigenvalue weighted by atomic mass is 10.0. The summed E-state index contributed by atoms with van der Waals surface area (Å²) in [5, 5.41) is 45.7. The van der Waals surface area contributed by atoms with Gasteiger partial charge in [0.25, 0.3) is 0 Å². The Morgan fingerprint density at radius 1 is 1.07 bits per heavy atom. The lowest BCUT2D eigenvalue weighted by Crippen LogP contribution is -2.22. The maximum absolute atomic E-state index is 9.42. The molecule has 0 saturated heterocycles. The second-order valence-corrected chi connectivity index (χ2v) is 2.90. The monoisotopic (exact) mass is 200 g/mol. The Labute approximate surface area is 80.5 Å². The van der Waals surface area contributed by atoms with Crippen molar-refractivity contribution in [2.75, 3.05) is 6.61 Å². The standard InChI is InChI=1S/C9H12O5/c10-4-7(13)9(14)8-5(11)2-1-3-6(8)12/h1-3,7,9-14H,4H2. The second kappa shape index (κ2) is 4.28. The SMILES string of the molecule is OCC(O)C(O)c1c(O)cccc1O. The highest BCUT2D eigenvalue weighted by Gasteiger charge is 2.23. The Morgan fingerprint density at radius 2 is 1.57 bits per heavy atom. The van der Waals surface area contributed by atoms with E-state index in [4.69, 9.17) is 10.2 Å². The number of hydrogen-bond donors (Lipinski definition) is 5. The fourth-order valence-electron chi connectivity index (χ4n) is 1.14. The van der Waals surface area contributed by atoms with Crippen LogP contribution >= 0.6 is 0 Å². The second-order valence-electron chi connectivity index (χ2n) is 2.90. The Morgan fingerprint density at radius 3 is 2.00 bits per heavy atom. The molecule has 0 aliphatic carbocycles. The number of aliphatic hydroxyl groups excluding tert-OH is 3. The van der Waals surface area contributed by atoms with Crippen LogP contribution in [0.15, 0.2) is 18.2 Å². The molecule has 1 aromatic rings. The zero-order chi connectivity index (χ0) is 10.7. The van der Waals surface area contributed by atoms with Crippen LogP contribution in [0.2, 0.25) is 0 Å². The Hall–Kier alpha value is -1.30. The number of benzene rings is 1. The topological polar surface area (TPSA) is 101 Å². The Kier molecular flexibility index (Phi) is 3.29. The molecule has 2 atom stereocenters. The van der Waals surface area contributed by atoms with Gasteiger partial charge in [-0.2, -0.15) is 0 Å². The average Bonchev–Trinajstić information content (AvgIpc) is 2.16. The summed E-state index contributed by atoms with van der Waals surface area (Å²) in [5.74, 6) is -0.657. The van der Waals surface area contributed by atoms with E-state index >= 15 is 0 Å². The van der Waals surface area contributed by atoms with E-state index in [1.54, 1.807) is 0 Å². The summed E-state index contributed by atoms with van der Waals surface area (Å²) in [6, 6.07) is 3.93. The molecule has 2 unspecified atom stereocenters. The smallest absolute Gasteiger partial charge is 0.125 e. The normalized spacial score (nSPS) is 15.1. The summed E-state index contributed by atoms with van der Waals surface area (Å²) in [7, 11) is 0. The molecule has 0 aliphatic heterocycles. The molecule has 0 saturated carbocycles. The number of hydrogen-bond acceptors (Lipinski definition) is 5.